The molecule has 5 heteroatoms. The van der Waals surface area contributed by atoms with E-state index in [2.05, 4.69) is 22.8 Å². The van der Waals surface area contributed by atoms with Gasteiger partial charge >= 0.3 is 5.97 Å². The van der Waals surface area contributed by atoms with E-state index in [1.807, 2.05) is 79.7 Å². The molecule has 4 aromatic carbocycles. The molecule has 170 valence electrons. The zero-order valence-corrected chi connectivity index (χ0v) is 19.6. The molecule has 34 heavy (non-hydrogen) atoms. The third-order valence-corrected chi connectivity index (χ3v) is 6.46. The summed E-state index contributed by atoms with van der Waals surface area (Å²) >= 11 is 6.33. The van der Waals surface area contributed by atoms with Crippen molar-refractivity contribution in [3.63, 3.8) is 0 Å². The van der Waals surface area contributed by atoms with Crippen LogP contribution in [0.4, 0.5) is 5.69 Å². The van der Waals surface area contributed by atoms with Crippen LogP contribution in [0, 0.1) is 0 Å². The van der Waals surface area contributed by atoms with Gasteiger partial charge < -0.3 is 15.0 Å². The molecule has 0 aliphatic rings. The fraction of sp³-hybridized carbons (Fsp3) is 0.138. The van der Waals surface area contributed by atoms with E-state index < -0.39 is 5.92 Å². The van der Waals surface area contributed by atoms with Crippen molar-refractivity contribution in [2.45, 2.75) is 26.0 Å². The average molecular weight is 469 g/mol. The molecule has 0 bridgehead atoms. The van der Waals surface area contributed by atoms with E-state index in [-0.39, 0.29) is 12.6 Å². The number of aromatic nitrogens is 1. The number of halogens is 1. The molecule has 5 rings (SSSR count). The number of nitrogens with two attached hydrogens (primary N) is 1. The Labute approximate surface area is 203 Å². The van der Waals surface area contributed by atoms with Gasteiger partial charge in [-0.15, -0.1) is 0 Å². The maximum atomic E-state index is 12.8. The second-order valence-corrected chi connectivity index (χ2v) is 9.02. The van der Waals surface area contributed by atoms with E-state index >= 15 is 0 Å². The topological polar surface area (TPSA) is 57.2 Å². The summed E-state index contributed by atoms with van der Waals surface area (Å²) in [6.45, 7) is 2.81. The Kier molecular flexibility index (Phi) is 5.99. The highest BCUT2D eigenvalue weighted by molar-refractivity contribution is 6.31. The fourth-order valence-corrected chi connectivity index (χ4v) is 4.56. The molecule has 0 spiro atoms. The lowest BCUT2D eigenvalue weighted by Gasteiger charge is -2.14. The molecule has 1 aromatic heterocycles. The molecule has 0 saturated carbocycles. The second kappa shape index (κ2) is 9.24. The van der Waals surface area contributed by atoms with Crippen LogP contribution in [0.2, 0.25) is 5.02 Å². The Bertz CT molecular complexity index is 1490. The van der Waals surface area contributed by atoms with Crippen LogP contribution in [0.15, 0.2) is 91.0 Å². The van der Waals surface area contributed by atoms with Gasteiger partial charge in [-0.25, -0.2) is 0 Å². The molecule has 1 atom stereocenters. The number of benzene rings is 4. The number of nitrogens with zero attached hydrogens (tertiary/aromatic N) is 1. The van der Waals surface area contributed by atoms with Crippen molar-refractivity contribution in [2.24, 2.45) is 0 Å². The number of anilines is 1. The van der Waals surface area contributed by atoms with Crippen molar-refractivity contribution in [2.75, 3.05) is 5.73 Å². The van der Waals surface area contributed by atoms with Crippen LogP contribution in [0.1, 0.15) is 29.5 Å². The van der Waals surface area contributed by atoms with Gasteiger partial charge in [-0.2, -0.15) is 0 Å². The molecule has 1 heterocycles. The Morgan fingerprint density at radius 1 is 0.882 bits per heavy atom. The van der Waals surface area contributed by atoms with Gasteiger partial charge in [-0.05, 0) is 60.0 Å². The highest BCUT2D eigenvalue weighted by Gasteiger charge is 2.20. The summed E-state index contributed by atoms with van der Waals surface area (Å²) in [4.78, 5) is 12.8. The normalized spacial score (nSPS) is 12.2. The molecule has 0 fully saturated rings. The van der Waals surface area contributed by atoms with Gasteiger partial charge in [0.25, 0.3) is 0 Å². The lowest BCUT2D eigenvalue weighted by molar-refractivity contribution is -0.146. The first-order chi connectivity index (χ1) is 16.5. The van der Waals surface area contributed by atoms with E-state index in [9.17, 15) is 4.79 Å². The molecular formula is C29H25ClN2O2. The van der Waals surface area contributed by atoms with E-state index in [1.54, 1.807) is 0 Å². The first kappa shape index (κ1) is 22.1. The summed E-state index contributed by atoms with van der Waals surface area (Å²) in [5, 5.41) is 2.87. The molecule has 0 aliphatic heterocycles. The number of nitrogen functional groups attached to an aromatic ring is 1. The lowest BCUT2D eigenvalue weighted by atomic mass is 9.99. The number of carbonyl (C=O) groups excluding carboxylic acids is 1. The minimum absolute atomic E-state index is 0.246. The zero-order chi connectivity index (χ0) is 23.7. The average Bonchev–Trinajstić information content (AvgIpc) is 3.14. The summed E-state index contributed by atoms with van der Waals surface area (Å²) in [6.07, 6.45) is 0. The fourth-order valence-electron chi connectivity index (χ4n) is 4.39. The number of rotatable bonds is 6. The molecule has 1 unspecified atom stereocenters. The monoisotopic (exact) mass is 468 g/mol. The quantitative estimate of drug-likeness (QED) is 0.217. The number of carbonyl (C=O) groups is 1. The van der Waals surface area contributed by atoms with Crippen molar-refractivity contribution < 1.29 is 9.53 Å². The molecule has 0 saturated heterocycles. The summed E-state index contributed by atoms with van der Waals surface area (Å²) in [5.41, 5.74) is 11.9. The van der Waals surface area contributed by atoms with Crippen LogP contribution in [0.5, 0.6) is 0 Å². The lowest BCUT2D eigenvalue weighted by Crippen LogP contribution is -2.13. The maximum Gasteiger partial charge on any atom is 0.313 e. The number of ether oxygens (including phenoxy) is 1. The third kappa shape index (κ3) is 4.37. The SMILES string of the molecule is CC(C(=O)OCc1ccccc1)c1ccc2c3cc(Cl)ccc3n(Cc3cccc(N)c3)c2c1. The molecule has 0 aliphatic carbocycles. The molecular weight excluding hydrogens is 444 g/mol. The first-order valence-electron chi connectivity index (χ1n) is 11.3. The molecule has 5 aromatic rings. The van der Waals surface area contributed by atoms with Gasteiger partial charge in [-0.3, -0.25) is 4.79 Å². The third-order valence-electron chi connectivity index (χ3n) is 6.22. The van der Waals surface area contributed by atoms with E-state index in [0.717, 1.165) is 44.2 Å². The minimum Gasteiger partial charge on any atom is -0.460 e. The van der Waals surface area contributed by atoms with E-state index in [0.29, 0.717) is 11.6 Å². The highest BCUT2D eigenvalue weighted by Crippen LogP contribution is 2.34. The highest BCUT2D eigenvalue weighted by atomic mass is 35.5. The first-order valence-corrected chi connectivity index (χ1v) is 11.6. The second-order valence-electron chi connectivity index (χ2n) is 8.58. The molecule has 0 radical (unpaired) electrons. The van der Waals surface area contributed by atoms with E-state index in [4.69, 9.17) is 22.1 Å². The van der Waals surface area contributed by atoms with Crippen molar-refractivity contribution in [3.8, 4) is 0 Å². The number of hydrogen-bond donors (Lipinski definition) is 1. The Morgan fingerprint density at radius 2 is 1.68 bits per heavy atom. The standard InChI is InChI=1S/C29H25ClN2O2/c1-19(29(33)34-18-20-6-3-2-4-7-20)22-10-12-25-26-16-23(30)11-13-27(26)32(28(25)15-22)17-21-8-5-9-24(31)14-21/h2-16,19H,17-18,31H2,1H3. The van der Waals surface area contributed by atoms with Crippen molar-refractivity contribution in [3.05, 3.63) is 113 Å². The van der Waals surface area contributed by atoms with Crippen LogP contribution in [-0.2, 0) is 22.7 Å². The summed E-state index contributed by atoms with van der Waals surface area (Å²) < 4.78 is 7.84. The van der Waals surface area contributed by atoms with Crippen LogP contribution in [-0.4, -0.2) is 10.5 Å². The van der Waals surface area contributed by atoms with Crippen LogP contribution in [0.3, 0.4) is 0 Å². The summed E-state index contributed by atoms with van der Waals surface area (Å²) in [5.74, 6) is -0.639. The zero-order valence-electron chi connectivity index (χ0n) is 18.9. The number of esters is 1. The largest absolute Gasteiger partial charge is 0.460 e. The van der Waals surface area contributed by atoms with Gasteiger partial charge in [0.1, 0.15) is 6.61 Å². The van der Waals surface area contributed by atoms with Gasteiger partial charge in [0.05, 0.1) is 5.92 Å². The number of hydrogen-bond acceptors (Lipinski definition) is 3. The van der Waals surface area contributed by atoms with Gasteiger partial charge in [0.15, 0.2) is 0 Å². The Balaban J connectivity index is 1.52. The van der Waals surface area contributed by atoms with Crippen LogP contribution in [0.25, 0.3) is 21.8 Å². The van der Waals surface area contributed by atoms with Gasteiger partial charge in [0, 0.05) is 39.1 Å². The van der Waals surface area contributed by atoms with Crippen LogP contribution < -0.4 is 5.73 Å². The van der Waals surface area contributed by atoms with Crippen molar-refractivity contribution in [1.82, 2.24) is 4.57 Å². The molecule has 0 amide bonds. The summed E-state index contributed by atoms with van der Waals surface area (Å²) in [7, 11) is 0. The van der Waals surface area contributed by atoms with Crippen molar-refractivity contribution >= 4 is 45.1 Å². The van der Waals surface area contributed by atoms with Crippen molar-refractivity contribution in [1.29, 1.82) is 0 Å². The Hall–Kier alpha value is -3.76. The molecule has 2 N–H and O–H groups in total. The summed E-state index contributed by atoms with van der Waals surface area (Å²) in [6, 6.07) is 29.7. The van der Waals surface area contributed by atoms with Crippen LogP contribution >= 0.6 is 11.6 Å². The predicted molar refractivity (Wildman–Crippen MR) is 139 cm³/mol. The van der Waals surface area contributed by atoms with Gasteiger partial charge in [0.2, 0.25) is 0 Å². The number of fused-ring (bicyclic) bond motifs is 3. The van der Waals surface area contributed by atoms with Gasteiger partial charge in [-0.1, -0.05) is 66.2 Å². The predicted octanol–water partition coefficient (Wildman–Crippen LogP) is 6.93. The smallest absolute Gasteiger partial charge is 0.313 e. The molecule has 4 nitrogen and oxygen atoms in total. The minimum atomic E-state index is -0.393. The van der Waals surface area contributed by atoms with E-state index in [1.165, 1.54) is 0 Å². The Morgan fingerprint density at radius 3 is 2.47 bits per heavy atom. The maximum absolute atomic E-state index is 12.8.